The standard InChI is InChI=1S/C16H12ClNO2/c17-10-5-6-14-11(8-10)15-12(16(19)20-14)7-9-3-1-2-4-13(9)18-15/h5-8H,1-4H2. The topological polar surface area (TPSA) is 43.1 Å². The van der Waals surface area contributed by atoms with Gasteiger partial charge in [0.2, 0.25) is 0 Å². The summed E-state index contributed by atoms with van der Waals surface area (Å²) in [7, 11) is 0. The highest BCUT2D eigenvalue weighted by Gasteiger charge is 2.16. The van der Waals surface area contributed by atoms with E-state index in [1.165, 1.54) is 5.56 Å². The fourth-order valence-electron chi connectivity index (χ4n) is 2.93. The Morgan fingerprint density at radius 1 is 1.10 bits per heavy atom. The smallest absolute Gasteiger partial charge is 0.345 e. The van der Waals surface area contributed by atoms with Crippen LogP contribution in [0.1, 0.15) is 24.1 Å². The molecule has 0 bridgehead atoms. The summed E-state index contributed by atoms with van der Waals surface area (Å²) < 4.78 is 5.37. The van der Waals surface area contributed by atoms with Crippen LogP contribution in [0.3, 0.4) is 0 Å². The van der Waals surface area contributed by atoms with Crippen LogP contribution >= 0.6 is 11.6 Å². The molecule has 1 aliphatic carbocycles. The van der Waals surface area contributed by atoms with Gasteiger partial charge in [-0.15, -0.1) is 0 Å². The third-order valence-corrected chi connectivity index (χ3v) is 4.16. The van der Waals surface area contributed by atoms with E-state index in [0.29, 0.717) is 21.5 Å². The summed E-state index contributed by atoms with van der Waals surface area (Å²) in [5.74, 6) is 0. The predicted molar refractivity (Wildman–Crippen MR) is 79.4 cm³/mol. The first-order valence-corrected chi connectivity index (χ1v) is 7.15. The van der Waals surface area contributed by atoms with Crippen molar-refractivity contribution in [3.63, 3.8) is 0 Å². The van der Waals surface area contributed by atoms with E-state index < -0.39 is 0 Å². The van der Waals surface area contributed by atoms with Crippen LogP contribution in [0.25, 0.3) is 21.9 Å². The molecule has 0 saturated carbocycles. The summed E-state index contributed by atoms with van der Waals surface area (Å²) in [6.07, 6.45) is 4.29. The van der Waals surface area contributed by atoms with Crippen molar-refractivity contribution in [2.24, 2.45) is 0 Å². The molecule has 4 rings (SSSR count). The van der Waals surface area contributed by atoms with E-state index >= 15 is 0 Å². The monoisotopic (exact) mass is 285 g/mol. The van der Waals surface area contributed by atoms with Crippen LogP contribution in [-0.2, 0) is 12.8 Å². The Hall–Kier alpha value is -1.87. The second-order valence-corrected chi connectivity index (χ2v) is 5.66. The first kappa shape index (κ1) is 11.9. The molecule has 0 spiro atoms. The van der Waals surface area contributed by atoms with Crippen LogP contribution in [-0.4, -0.2) is 4.98 Å². The highest BCUT2D eigenvalue weighted by Crippen LogP contribution is 2.28. The van der Waals surface area contributed by atoms with E-state index in [-0.39, 0.29) is 5.63 Å². The molecule has 2 aromatic heterocycles. The lowest BCUT2D eigenvalue weighted by atomic mass is 9.95. The van der Waals surface area contributed by atoms with Crippen LogP contribution in [0, 0.1) is 0 Å². The molecule has 0 amide bonds. The van der Waals surface area contributed by atoms with Crippen LogP contribution in [0.2, 0.25) is 5.02 Å². The minimum Gasteiger partial charge on any atom is -0.422 e. The van der Waals surface area contributed by atoms with Crippen LogP contribution < -0.4 is 5.63 Å². The maximum absolute atomic E-state index is 12.1. The van der Waals surface area contributed by atoms with Gasteiger partial charge in [0, 0.05) is 16.1 Å². The number of halogens is 1. The molecule has 0 aliphatic heterocycles. The van der Waals surface area contributed by atoms with Crippen molar-refractivity contribution in [2.45, 2.75) is 25.7 Å². The summed E-state index contributed by atoms with van der Waals surface area (Å²) in [5.41, 5.74) is 3.21. The van der Waals surface area contributed by atoms with E-state index in [0.717, 1.165) is 36.8 Å². The lowest BCUT2D eigenvalue weighted by Crippen LogP contribution is -2.09. The molecule has 20 heavy (non-hydrogen) atoms. The second-order valence-electron chi connectivity index (χ2n) is 5.23. The number of nitrogens with zero attached hydrogens (tertiary/aromatic N) is 1. The Morgan fingerprint density at radius 3 is 2.85 bits per heavy atom. The molecule has 3 nitrogen and oxygen atoms in total. The fourth-order valence-corrected chi connectivity index (χ4v) is 3.10. The van der Waals surface area contributed by atoms with Crippen LogP contribution in [0.15, 0.2) is 33.5 Å². The third kappa shape index (κ3) is 1.74. The Balaban J connectivity index is 2.19. The van der Waals surface area contributed by atoms with Crippen LogP contribution in [0.5, 0.6) is 0 Å². The molecule has 4 heteroatoms. The largest absolute Gasteiger partial charge is 0.422 e. The lowest BCUT2D eigenvalue weighted by Gasteiger charge is -2.15. The van der Waals surface area contributed by atoms with Gasteiger partial charge >= 0.3 is 5.63 Å². The maximum atomic E-state index is 12.1. The summed E-state index contributed by atoms with van der Waals surface area (Å²) in [5, 5.41) is 1.98. The third-order valence-electron chi connectivity index (χ3n) is 3.92. The number of pyridine rings is 1. The zero-order valence-electron chi connectivity index (χ0n) is 10.8. The average Bonchev–Trinajstić information content (AvgIpc) is 2.47. The first-order chi connectivity index (χ1) is 9.72. The number of hydrogen-bond acceptors (Lipinski definition) is 3. The second kappa shape index (κ2) is 4.32. The molecule has 1 aromatic carbocycles. The van der Waals surface area contributed by atoms with Gasteiger partial charge in [0.15, 0.2) is 0 Å². The summed E-state index contributed by atoms with van der Waals surface area (Å²) in [6, 6.07) is 7.20. The fraction of sp³-hybridized carbons (Fsp3) is 0.250. The van der Waals surface area contributed by atoms with Crippen molar-refractivity contribution in [3.05, 3.63) is 51.0 Å². The Kier molecular flexibility index (Phi) is 2.57. The van der Waals surface area contributed by atoms with Crippen molar-refractivity contribution in [1.29, 1.82) is 0 Å². The van der Waals surface area contributed by atoms with Gasteiger partial charge in [-0.05, 0) is 55.5 Å². The van der Waals surface area contributed by atoms with Crippen molar-refractivity contribution in [2.75, 3.05) is 0 Å². The van der Waals surface area contributed by atoms with E-state index in [4.69, 9.17) is 21.0 Å². The summed E-state index contributed by atoms with van der Waals surface area (Å²) >= 11 is 6.05. The molecule has 0 saturated heterocycles. The van der Waals surface area contributed by atoms with Gasteiger partial charge in [-0.1, -0.05) is 11.6 Å². The Bertz CT molecular complexity index is 898. The minimum absolute atomic E-state index is 0.323. The van der Waals surface area contributed by atoms with Gasteiger partial charge in [-0.25, -0.2) is 4.79 Å². The van der Waals surface area contributed by atoms with Crippen LogP contribution in [0.4, 0.5) is 0 Å². The number of benzene rings is 1. The zero-order chi connectivity index (χ0) is 13.7. The predicted octanol–water partition coefficient (Wildman–Crippen LogP) is 3.87. The van der Waals surface area contributed by atoms with E-state index in [1.807, 2.05) is 12.1 Å². The van der Waals surface area contributed by atoms with Crippen molar-refractivity contribution >= 4 is 33.5 Å². The zero-order valence-corrected chi connectivity index (χ0v) is 11.5. The van der Waals surface area contributed by atoms with Gasteiger partial charge in [0.25, 0.3) is 0 Å². The number of aromatic nitrogens is 1. The molecule has 3 aromatic rings. The van der Waals surface area contributed by atoms with Gasteiger partial charge < -0.3 is 4.42 Å². The number of hydrogen-bond donors (Lipinski definition) is 0. The minimum atomic E-state index is -0.323. The molecule has 100 valence electrons. The molecule has 2 heterocycles. The number of rotatable bonds is 0. The molecular weight excluding hydrogens is 274 g/mol. The molecule has 0 atom stereocenters. The Morgan fingerprint density at radius 2 is 1.95 bits per heavy atom. The molecule has 1 aliphatic rings. The SMILES string of the molecule is O=c1oc2ccc(Cl)cc2c2nc3c(cc12)CCCC3. The van der Waals surface area contributed by atoms with Crippen molar-refractivity contribution < 1.29 is 4.42 Å². The number of aryl methyl sites for hydroxylation is 2. The lowest BCUT2D eigenvalue weighted by molar-refractivity contribution is 0.568. The van der Waals surface area contributed by atoms with E-state index in [2.05, 4.69) is 0 Å². The van der Waals surface area contributed by atoms with E-state index in [9.17, 15) is 4.79 Å². The highest BCUT2D eigenvalue weighted by molar-refractivity contribution is 6.31. The van der Waals surface area contributed by atoms with Gasteiger partial charge in [0.05, 0.1) is 10.9 Å². The maximum Gasteiger partial charge on any atom is 0.345 e. The van der Waals surface area contributed by atoms with Crippen molar-refractivity contribution in [3.8, 4) is 0 Å². The molecular formula is C16H12ClNO2. The molecule has 0 unspecified atom stereocenters. The van der Waals surface area contributed by atoms with E-state index in [1.54, 1.807) is 12.1 Å². The molecule has 0 fully saturated rings. The van der Waals surface area contributed by atoms with Gasteiger partial charge in [-0.2, -0.15) is 0 Å². The normalized spacial score (nSPS) is 14.7. The average molecular weight is 286 g/mol. The Labute approximate surface area is 120 Å². The summed E-state index contributed by atoms with van der Waals surface area (Å²) in [4.78, 5) is 16.9. The van der Waals surface area contributed by atoms with Gasteiger partial charge in [0.1, 0.15) is 5.58 Å². The quantitative estimate of drug-likeness (QED) is 0.465. The first-order valence-electron chi connectivity index (χ1n) is 6.77. The summed E-state index contributed by atoms with van der Waals surface area (Å²) in [6.45, 7) is 0. The van der Waals surface area contributed by atoms with Crippen molar-refractivity contribution in [1.82, 2.24) is 4.98 Å². The molecule has 0 radical (unpaired) electrons. The number of fused-ring (bicyclic) bond motifs is 4. The highest BCUT2D eigenvalue weighted by atomic mass is 35.5. The van der Waals surface area contributed by atoms with Gasteiger partial charge in [-0.3, -0.25) is 4.98 Å². The molecule has 0 N–H and O–H groups in total.